The topological polar surface area (TPSA) is 9.23 Å². The van der Waals surface area contributed by atoms with Crippen LogP contribution in [-0.4, -0.2) is 6.61 Å². The molecular weight excluding hydrogens is 160 g/mol. The predicted octanol–water partition coefficient (Wildman–Crippen LogP) is 2.34. The molecule has 0 radical (unpaired) electrons. The van der Waals surface area contributed by atoms with Crippen LogP contribution >= 0.6 is 0 Å². The van der Waals surface area contributed by atoms with E-state index in [1.807, 2.05) is 18.2 Å². The average Bonchev–Trinajstić information content (AvgIpc) is 2.42. The third-order valence-electron chi connectivity index (χ3n) is 2.46. The molecule has 1 nitrogen and oxygen atoms in total. The number of terminal acetylenes is 1. The van der Waals surface area contributed by atoms with Crippen molar-refractivity contribution in [2.45, 2.75) is 19.3 Å². The Hall–Kier alpha value is -1.42. The van der Waals surface area contributed by atoms with E-state index in [-0.39, 0.29) is 5.41 Å². The van der Waals surface area contributed by atoms with Crippen LogP contribution < -0.4 is 4.74 Å². The summed E-state index contributed by atoms with van der Waals surface area (Å²) >= 11 is 0. The maximum Gasteiger partial charge on any atom is 0.123 e. The van der Waals surface area contributed by atoms with Crippen molar-refractivity contribution in [3.63, 3.8) is 0 Å². The lowest BCUT2D eigenvalue weighted by Gasteiger charge is -2.14. The summed E-state index contributed by atoms with van der Waals surface area (Å²) in [4.78, 5) is 0. The largest absolute Gasteiger partial charge is 0.492 e. The molecule has 1 aromatic carbocycles. The predicted molar refractivity (Wildman–Crippen MR) is 52.9 cm³/mol. The monoisotopic (exact) mass is 172 g/mol. The van der Waals surface area contributed by atoms with Gasteiger partial charge in [-0.25, -0.2) is 0 Å². The molecule has 1 aliphatic heterocycles. The minimum absolute atomic E-state index is 0.0994. The molecule has 1 aliphatic rings. The Labute approximate surface area is 78.7 Å². The number of rotatable bonds is 0. The molecule has 0 unspecified atom stereocenters. The second-order valence-electron chi connectivity index (χ2n) is 4.03. The van der Waals surface area contributed by atoms with E-state index in [1.54, 1.807) is 0 Å². The van der Waals surface area contributed by atoms with E-state index in [9.17, 15) is 0 Å². The highest BCUT2D eigenvalue weighted by molar-refractivity contribution is 5.48. The van der Waals surface area contributed by atoms with Crippen LogP contribution in [0.1, 0.15) is 25.0 Å². The fourth-order valence-electron chi connectivity index (χ4n) is 1.61. The van der Waals surface area contributed by atoms with Gasteiger partial charge in [-0.2, -0.15) is 0 Å². The number of hydrogen-bond donors (Lipinski definition) is 0. The number of fused-ring (bicyclic) bond motifs is 1. The number of hydrogen-bond acceptors (Lipinski definition) is 1. The molecule has 0 atom stereocenters. The molecule has 0 saturated heterocycles. The lowest BCUT2D eigenvalue weighted by atomic mass is 9.86. The van der Waals surface area contributed by atoms with Gasteiger partial charge in [-0.1, -0.05) is 19.8 Å². The molecule has 0 amide bonds. The van der Waals surface area contributed by atoms with Crippen LogP contribution in [0.2, 0.25) is 0 Å². The van der Waals surface area contributed by atoms with Crippen molar-refractivity contribution in [2.75, 3.05) is 6.61 Å². The first-order valence-electron chi connectivity index (χ1n) is 4.37. The second-order valence-corrected chi connectivity index (χ2v) is 4.03. The Morgan fingerprint density at radius 2 is 2.23 bits per heavy atom. The zero-order valence-corrected chi connectivity index (χ0v) is 7.92. The van der Waals surface area contributed by atoms with Gasteiger partial charge in [0.1, 0.15) is 5.75 Å². The fourth-order valence-corrected chi connectivity index (χ4v) is 1.61. The minimum Gasteiger partial charge on any atom is -0.492 e. The van der Waals surface area contributed by atoms with E-state index < -0.39 is 0 Å². The first-order chi connectivity index (χ1) is 6.13. The minimum atomic E-state index is 0.0994. The van der Waals surface area contributed by atoms with Crippen molar-refractivity contribution in [1.29, 1.82) is 0 Å². The molecule has 0 aromatic heterocycles. The lowest BCUT2D eigenvalue weighted by Crippen LogP contribution is -2.18. The first-order valence-corrected chi connectivity index (χ1v) is 4.37. The Balaban J connectivity index is 2.57. The van der Waals surface area contributed by atoms with Gasteiger partial charge in [0.05, 0.1) is 6.61 Å². The Morgan fingerprint density at radius 1 is 1.46 bits per heavy atom. The van der Waals surface area contributed by atoms with Crippen LogP contribution in [0.25, 0.3) is 0 Å². The molecular formula is C12H12O. The molecule has 0 bridgehead atoms. The van der Waals surface area contributed by atoms with Crippen LogP contribution in [0.4, 0.5) is 0 Å². The van der Waals surface area contributed by atoms with E-state index in [2.05, 4.69) is 19.8 Å². The molecule has 0 spiro atoms. The molecule has 2 rings (SSSR count). The summed E-state index contributed by atoms with van der Waals surface area (Å²) in [6, 6.07) is 5.92. The van der Waals surface area contributed by atoms with Crippen molar-refractivity contribution < 1.29 is 4.74 Å². The van der Waals surface area contributed by atoms with Crippen LogP contribution in [0, 0.1) is 12.3 Å². The third-order valence-corrected chi connectivity index (χ3v) is 2.46. The van der Waals surface area contributed by atoms with Gasteiger partial charge >= 0.3 is 0 Å². The van der Waals surface area contributed by atoms with Crippen LogP contribution in [0.3, 0.4) is 0 Å². The standard InChI is InChI=1S/C12H12O/c1-4-9-5-6-11-10(7-9)12(2,3)8-13-11/h1,5-7H,8H2,2-3H3. The van der Waals surface area contributed by atoms with Crippen molar-refractivity contribution in [3.8, 4) is 18.1 Å². The maximum atomic E-state index is 5.54. The highest BCUT2D eigenvalue weighted by Gasteiger charge is 2.31. The molecule has 1 heterocycles. The van der Waals surface area contributed by atoms with Gasteiger partial charge < -0.3 is 4.74 Å². The molecule has 1 heteroatoms. The quantitative estimate of drug-likeness (QED) is 0.546. The zero-order valence-electron chi connectivity index (χ0n) is 7.92. The van der Waals surface area contributed by atoms with Crippen LogP contribution in [-0.2, 0) is 5.41 Å². The van der Waals surface area contributed by atoms with E-state index >= 15 is 0 Å². The summed E-state index contributed by atoms with van der Waals surface area (Å²) in [6.45, 7) is 5.08. The molecule has 0 aliphatic carbocycles. The fraction of sp³-hybridized carbons (Fsp3) is 0.333. The van der Waals surface area contributed by atoms with Gasteiger partial charge in [0, 0.05) is 16.5 Å². The number of benzene rings is 1. The Kier molecular flexibility index (Phi) is 1.60. The van der Waals surface area contributed by atoms with E-state index in [4.69, 9.17) is 11.2 Å². The van der Waals surface area contributed by atoms with Crippen LogP contribution in [0.15, 0.2) is 18.2 Å². The van der Waals surface area contributed by atoms with Crippen molar-refractivity contribution in [1.82, 2.24) is 0 Å². The van der Waals surface area contributed by atoms with Crippen LogP contribution in [0.5, 0.6) is 5.75 Å². The van der Waals surface area contributed by atoms with Gasteiger partial charge in [0.25, 0.3) is 0 Å². The third kappa shape index (κ3) is 1.19. The summed E-state index contributed by atoms with van der Waals surface area (Å²) in [6.07, 6.45) is 5.34. The molecule has 1 aromatic rings. The average molecular weight is 172 g/mol. The van der Waals surface area contributed by atoms with Crippen molar-refractivity contribution >= 4 is 0 Å². The SMILES string of the molecule is C#Cc1ccc2c(c1)C(C)(C)CO2. The summed E-state index contributed by atoms with van der Waals surface area (Å²) in [5.74, 6) is 3.61. The van der Waals surface area contributed by atoms with Gasteiger partial charge in [-0.3, -0.25) is 0 Å². The molecule has 66 valence electrons. The number of ether oxygens (including phenoxy) is 1. The molecule has 0 saturated carbocycles. The lowest BCUT2D eigenvalue weighted by molar-refractivity contribution is 0.291. The van der Waals surface area contributed by atoms with Gasteiger partial charge in [-0.05, 0) is 18.2 Å². The van der Waals surface area contributed by atoms with E-state index in [1.165, 1.54) is 5.56 Å². The van der Waals surface area contributed by atoms with Gasteiger partial charge in [-0.15, -0.1) is 6.42 Å². The molecule has 13 heavy (non-hydrogen) atoms. The first kappa shape index (κ1) is 8.19. The summed E-state index contributed by atoms with van der Waals surface area (Å²) in [5.41, 5.74) is 2.25. The van der Waals surface area contributed by atoms with Crippen molar-refractivity contribution in [2.24, 2.45) is 0 Å². The normalized spacial score (nSPS) is 17.3. The van der Waals surface area contributed by atoms with Crippen molar-refractivity contribution in [3.05, 3.63) is 29.3 Å². The Morgan fingerprint density at radius 3 is 2.92 bits per heavy atom. The Bertz CT molecular complexity index is 383. The smallest absolute Gasteiger partial charge is 0.123 e. The second kappa shape index (κ2) is 2.53. The maximum absolute atomic E-state index is 5.54. The molecule has 0 fully saturated rings. The highest BCUT2D eigenvalue weighted by Crippen LogP contribution is 2.38. The highest BCUT2D eigenvalue weighted by atomic mass is 16.5. The summed E-state index contributed by atoms with van der Waals surface area (Å²) in [5, 5.41) is 0. The summed E-state index contributed by atoms with van der Waals surface area (Å²) in [7, 11) is 0. The molecule has 0 N–H and O–H groups in total. The van der Waals surface area contributed by atoms with E-state index in [0.29, 0.717) is 0 Å². The van der Waals surface area contributed by atoms with E-state index in [0.717, 1.165) is 17.9 Å². The van der Waals surface area contributed by atoms with Gasteiger partial charge in [0.15, 0.2) is 0 Å². The van der Waals surface area contributed by atoms with Gasteiger partial charge in [0.2, 0.25) is 0 Å². The zero-order chi connectivity index (χ0) is 9.47. The summed E-state index contributed by atoms with van der Waals surface area (Å²) < 4.78 is 5.54.